The minimum atomic E-state index is 0.226. The molecule has 0 aliphatic rings. The van der Waals surface area contributed by atoms with Gasteiger partial charge in [0.15, 0.2) is 0 Å². The van der Waals surface area contributed by atoms with Crippen molar-refractivity contribution in [1.82, 2.24) is 5.43 Å². The second-order valence-electron chi connectivity index (χ2n) is 4.90. The van der Waals surface area contributed by atoms with E-state index in [1.165, 1.54) is 22.3 Å². The van der Waals surface area contributed by atoms with E-state index in [1.54, 1.807) is 12.5 Å². The summed E-state index contributed by atoms with van der Waals surface area (Å²) in [7, 11) is 0. The number of aryl methyl sites for hydroxylation is 2. The highest BCUT2D eigenvalue weighted by Gasteiger charge is 2.10. The summed E-state index contributed by atoms with van der Waals surface area (Å²) in [6.07, 6.45) is 5.26. The van der Waals surface area contributed by atoms with E-state index in [-0.39, 0.29) is 6.04 Å². The van der Waals surface area contributed by atoms with Gasteiger partial charge in [-0.25, -0.2) is 0 Å². The van der Waals surface area contributed by atoms with E-state index in [2.05, 4.69) is 37.5 Å². The van der Waals surface area contributed by atoms with E-state index in [0.717, 1.165) is 12.8 Å². The molecule has 0 amide bonds. The number of hydrogen-bond acceptors (Lipinski definition) is 3. The standard InChI is InChI=1S/C15H20N2O/c1-11-5-12(2)7-14(6-11)9-15(17-16)8-13-3-4-18-10-13/h3-7,10,15,17H,8-9,16H2,1-2H3. The zero-order valence-corrected chi connectivity index (χ0v) is 10.9. The first-order valence-electron chi connectivity index (χ1n) is 6.22. The third-order valence-corrected chi connectivity index (χ3v) is 3.06. The summed E-state index contributed by atoms with van der Waals surface area (Å²) in [5, 5.41) is 0. The number of furan rings is 1. The second-order valence-corrected chi connectivity index (χ2v) is 4.90. The fourth-order valence-electron chi connectivity index (χ4n) is 2.35. The Morgan fingerprint density at radius 1 is 1.11 bits per heavy atom. The Bertz CT molecular complexity index is 471. The van der Waals surface area contributed by atoms with Crippen LogP contribution in [0.2, 0.25) is 0 Å². The maximum atomic E-state index is 5.63. The van der Waals surface area contributed by atoms with Crippen LogP contribution >= 0.6 is 0 Å². The Morgan fingerprint density at radius 3 is 2.33 bits per heavy atom. The first kappa shape index (κ1) is 12.9. The van der Waals surface area contributed by atoms with Crippen molar-refractivity contribution in [1.29, 1.82) is 0 Å². The van der Waals surface area contributed by atoms with Gasteiger partial charge in [0.1, 0.15) is 0 Å². The SMILES string of the molecule is Cc1cc(C)cc(CC(Cc2ccoc2)NN)c1. The number of rotatable bonds is 5. The van der Waals surface area contributed by atoms with Crippen molar-refractivity contribution in [3.8, 4) is 0 Å². The van der Waals surface area contributed by atoms with Crippen LogP contribution in [-0.4, -0.2) is 6.04 Å². The highest BCUT2D eigenvalue weighted by Crippen LogP contribution is 2.13. The molecule has 0 spiro atoms. The predicted octanol–water partition coefficient (Wildman–Crippen LogP) is 2.51. The van der Waals surface area contributed by atoms with Crippen LogP contribution in [0.4, 0.5) is 0 Å². The van der Waals surface area contributed by atoms with Crippen LogP contribution in [0.15, 0.2) is 41.2 Å². The number of nitrogens with one attached hydrogen (secondary N) is 1. The molecule has 0 aliphatic heterocycles. The van der Waals surface area contributed by atoms with Gasteiger partial charge in [-0.15, -0.1) is 0 Å². The van der Waals surface area contributed by atoms with Crippen molar-refractivity contribution < 1.29 is 4.42 Å². The molecule has 0 saturated heterocycles. The number of hydrazine groups is 1. The molecule has 96 valence electrons. The van der Waals surface area contributed by atoms with Crippen molar-refractivity contribution in [2.45, 2.75) is 32.7 Å². The zero-order chi connectivity index (χ0) is 13.0. The van der Waals surface area contributed by atoms with Crippen molar-refractivity contribution >= 4 is 0 Å². The van der Waals surface area contributed by atoms with Gasteiger partial charge in [-0.2, -0.15) is 0 Å². The van der Waals surface area contributed by atoms with Crippen LogP contribution < -0.4 is 11.3 Å². The molecule has 0 saturated carbocycles. The van der Waals surface area contributed by atoms with Crippen LogP contribution in [0, 0.1) is 13.8 Å². The lowest BCUT2D eigenvalue weighted by Gasteiger charge is -2.15. The lowest BCUT2D eigenvalue weighted by molar-refractivity contribution is 0.514. The van der Waals surface area contributed by atoms with Gasteiger partial charge in [0.25, 0.3) is 0 Å². The first-order valence-corrected chi connectivity index (χ1v) is 6.22. The smallest absolute Gasteiger partial charge is 0.0935 e. The van der Waals surface area contributed by atoms with Gasteiger partial charge in [0, 0.05) is 6.04 Å². The average molecular weight is 244 g/mol. The Balaban J connectivity index is 2.05. The summed E-state index contributed by atoms with van der Waals surface area (Å²) in [5.74, 6) is 5.63. The van der Waals surface area contributed by atoms with Crippen LogP contribution in [0.25, 0.3) is 0 Å². The van der Waals surface area contributed by atoms with Crippen LogP contribution in [-0.2, 0) is 12.8 Å². The lowest BCUT2D eigenvalue weighted by Crippen LogP contribution is -2.38. The molecular weight excluding hydrogens is 224 g/mol. The van der Waals surface area contributed by atoms with Gasteiger partial charge in [-0.3, -0.25) is 11.3 Å². The number of hydrogen-bond donors (Lipinski definition) is 2. The highest BCUT2D eigenvalue weighted by atomic mass is 16.3. The van der Waals surface area contributed by atoms with Gasteiger partial charge in [0.2, 0.25) is 0 Å². The van der Waals surface area contributed by atoms with Crippen molar-refractivity contribution in [2.75, 3.05) is 0 Å². The van der Waals surface area contributed by atoms with Crippen molar-refractivity contribution in [2.24, 2.45) is 5.84 Å². The molecule has 1 unspecified atom stereocenters. The first-order chi connectivity index (χ1) is 8.67. The van der Waals surface area contributed by atoms with E-state index in [0.29, 0.717) is 0 Å². The quantitative estimate of drug-likeness (QED) is 0.627. The lowest BCUT2D eigenvalue weighted by atomic mass is 9.98. The third kappa shape index (κ3) is 3.45. The average Bonchev–Trinajstić information content (AvgIpc) is 2.79. The summed E-state index contributed by atoms with van der Waals surface area (Å²) in [6.45, 7) is 4.24. The molecular formula is C15H20N2O. The largest absolute Gasteiger partial charge is 0.472 e. The van der Waals surface area contributed by atoms with Crippen LogP contribution in [0.1, 0.15) is 22.3 Å². The zero-order valence-electron chi connectivity index (χ0n) is 10.9. The molecule has 3 heteroatoms. The molecule has 0 fully saturated rings. The summed E-state index contributed by atoms with van der Waals surface area (Å²) in [6, 6.07) is 8.82. The second kappa shape index (κ2) is 5.85. The molecule has 1 aromatic carbocycles. The van der Waals surface area contributed by atoms with Crippen molar-refractivity contribution in [3.63, 3.8) is 0 Å². The maximum Gasteiger partial charge on any atom is 0.0935 e. The van der Waals surface area contributed by atoms with E-state index < -0.39 is 0 Å². The molecule has 0 bridgehead atoms. The summed E-state index contributed by atoms with van der Waals surface area (Å²) in [5.41, 5.74) is 7.96. The summed E-state index contributed by atoms with van der Waals surface area (Å²) < 4.78 is 5.08. The highest BCUT2D eigenvalue weighted by molar-refractivity contribution is 5.29. The van der Waals surface area contributed by atoms with Crippen LogP contribution in [0.3, 0.4) is 0 Å². The molecule has 1 heterocycles. The van der Waals surface area contributed by atoms with Gasteiger partial charge in [-0.05, 0) is 43.9 Å². The van der Waals surface area contributed by atoms with E-state index >= 15 is 0 Å². The molecule has 0 radical (unpaired) electrons. The number of benzene rings is 1. The molecule has 3 nitrogen and oxygen atoms in total. The molecule has 1 atom stereocenters. The minimum Gasteiger partial charge on any atom is -0.472 e. The molecule has 18 heavy (non-hydrogen) atoms. The fourth-order valence-corrected chi connectivity index (χ4v) is 2.35. The summed E-state index contributed by atoms with van der Waals surface area (Å²) >= 11 is 0. The molecule has 1 aromatic heterocycles. The number of nitrogens with two attached hydrogens (primary N) is 1. The van der Waals surface area contributed by atoms with E-state index in [1.807, 2.05) is 6.07 Å². The Hall–Kier alpha value is -1.58. The topological polar surface area (TPSA) is 51.2 Å². The van der Waals surface area contributed by atoms with Gasteiger partial charge < -0.3 is 4.42 Å². The third-order valence-electron chi connectivity index (χ3n) is 3.06. The molecule has 2 aromatic rings. The molecule has 0 aliphatic carbocycles. The van der Waals surface area contributed by atoms with E-state index in [9.17, 15) is 0 Å². The minimum absolute atomic E-state index is 0.226. The van der Waals surface area contributed by atoms with Gasteiger partial charge in [0.05, 0.1) is 12.5 Å². The molecule has 2 rings (SSSR count). The van der Waals surface area contributed by atoms with Crippen molar-refractivity contribution in [3.05, 3.63) is 59.0 Å². The predicted molar refractivity (Wildman–Crippen MR) is 73.1 cm³/mol. The Kier molecular flexibility index (Phi) is 4.18. The van der Waals surface area contributed by atoms with Crippen LogP contribution in [0.5, 0.6) is 0 Å². The van der Waals surface area contributed by atoms with Gasteiger partial charge in [-0.1, -0.05) is 29.3 Å². The van der Waals surface area contributed by atoms with E-state index in [4.69, 9.17) is 10.3 Å². The van der Waals surface area contributed by atoms with Gasteiger partial charge >= 0.3 is 0 Å². The summed E-state index contributed by atoms with van der Waals surface area (Å²) in [4.78, 5) is 0. The maximum absolute atomic E-state index is 5.63. The Morgan fingerprint density at radius 2 is 1.78 bits per heavy atom. The fraction of sp³-hybridized carbons (Fsp3) is 0.333. The monoisotopic (exact) mass is 244 g/mol. The Labute approximate surface area is 108 Å². The molecule has 3 N–H and O–H groups in total. The normalized spacial score (nSPS) is 12.6.